The molecule has 16 heavy (non-hydrogen) atoms. The second kappa shape index (κ2) is 4.76. The summed E-state index contributed by atoms with van der Waals surface area (Å²) < 4.78 is 31.5. The number of benzene rings is 1. The second-order valence-corrected chi connectivity index (χ2v) is 4.62. The molecule has 0 saturated heterocycles. The molecule has 0 saturated carbocycles. The van der Waals surface area contributed by atoms with Crippen LogP contribution in [0.1, 0.15) is 4.88 Å². The van der Waals surface area contributed by atoms with Gasteiger partial charge in [0.05, 0.1) is 4.88 Å². The van der Waals surface area contributed by atoms with Gasteiger partial charge in [0.1, 0.15) is 6.61 Å². The van der Waals surface area contributed by atoms with E-state index in [0.29, 0.717) is 4.47 Å². The van der Waals surface area contributed by atoms with Crippen LogP contribution in [-0.4, -0.2) is 4.98 Å². The summed E-state index contributed by atoms with van der Waals surface area (Å²) in [6.45, 7) is 0.116. The lowest BCUT2D eigenvalue weighted by Gasteiger charge is -2.05. The lowest BCUT2D eigenvalue weighted by atomic mass is 10.3. The van der Waals surface area contributed by atoms with Crippen molar-refractivity contribution in [1.29, 1.82) is 0 Å². The van der Waals surface area contributed by atoms with Crippen LogP contribution in [0.2, 0.25) is 4.47 Å². The van der Waals surface area contributed by atoms with E-state index in [2.05, 4.69) is 4.98 Å². The zero-order valence-corrected chi connectivity index (χ0v) is 9.49. The molecule has 0 aliphatic rings. The first-order chi connectivity index (χ1) is 7.66. The second-order valence-electron chi connectivity index (χ2n) is 2.92. The Labute approximate surface area is 99.5 Å². The third kappa shape index (κ3) is 2.48. The van der Waals surface area contributed by atoms with Gasteiger partial charge in [0.2, 0.25) is 5.82 Å². The molecule has 0 N–H and O–H groups in total. The SMILES string of the molecule is Fc1cccc(OCc2cnc(Cl)s2)c1F. The van der Waals surface area contributed by atoms with E-state index in [1.807, 2.05) is 0 Å². The molecule has 1 heterocycles. The van der Waals surface area contributed by atoms with Crippen molar-refractivity contribution in [2.45, 2.75) is 6.61 Å². The van der Waals surface area contributed by atoms with Crippen molar-refractivity contribution in [2.75, 3.05) is 0 Å². The Bertz CT molecular complexity index is 503. The molecule has 6 heteroatoms. The monoisotopic (exact) mass is 261 g/mol. The van der Waals surface area contributed by atoms with Gasteiger partial charge in [-0.1, -0.05) is 17.7 Å². The first-order valence-corrected chi connectivity index (χ1v) is 5.53. The molecule has 84 valence electrons. The molecule has 0 spiro atoms. The van der Waals surface area contributed by atoms with Crippen LogP contribution in [-0.2, 0) is 6.61 Å². The average Bonchev–Trinajstić information content (AvgIpc) is 2.67. The van der Waals surface area contributed by atoms with Crippen LogP contribution in [0.25, 0.3) is 0 Å². The summed E-state index contributed by atoms with van der Waals surface area (Å²) in [5.74, 6) is -2.04. The summed E-state index contributed by atoms with van der Waals surface area (Å²) in [5.41, 5.74) is 0. The fourth-order valence-electron chi connectivity index (χ4n) is 1.09. The highest BCUT2D eigenvalue weighted by Gasteiger charge is 2.09. The molecule has 0 amide bonds. The number of nitrogens with zero attached hydrogens (tertiary/aromatic N) is 1. The van der Waals surface area contributed by atoms with Gasteiger partial charge in [-0.2, -0.15) is 4.39 Å². The summed E-state index contributed by atoms with van der Waals surface area (Å²) in [6.07, 6.45) is 1.53. The van der Waals surface area contributed by atoms with Gasteiger partial charge < -0.3 is 4.74 Å². The minimum absolute atomic E-state index is 0.116. The molecule has 2 rings (SSSR count). The van der Waals surface area contributed by atoms with E-state index >= 15 is 0 Å². The molecule has 1 aromatic carbocycles. The highest BCUT2D eigenvalue weighted by atomic mass is 35.5. The fourth-order valence-corrected chi connectivity index (χ4v) is 1.99. The summed E-state index contributed by atoms with van der Waals surface area (Å²) in [7, 11) is 0. The van der Waals surface area contributed by atoms with Crippen LogP contribution in [0.15, 0.2) is 24.4 Å². The minimum Gasteiger partial charge on any atom is -0.485 e. The maximum absolute atomic E-state index is 13.2. The van der Waals surface area contributed by atoms with Crippen molar-refractivity contribution in [3.8, 4) is 5.75 Å². The van der Waals surface area contributed by atoms with E-state index < -0.39 is 11.6 Å². The summed E-state index contributed by atoms with van der Waals surface area (Å²) in [6, 6.07) is 3.78. The van der Waals surface area contributed by atoms with Gasteiger partial charge in [-0.15, -0.1) is 11.3 Å². The maximum atomic E-state index is 13.2. The first kappa shape index (κ1) is 11.3. The smallest absolute Gasteiger partial charge is 0.200 e. The lowest BCUT2D eigenvalue weighted by Crippen LogP contribution is -1.97. The Hall–Kier alpha value is -1.20. The van der Waals surface area contributed by atoms with Gasteiger partial charge in [-0.05, 0) is 12.1 Å². The summed E-state index contributed by atoms with van der Waals surface area (Å²) in [5, 5.41) is 0. The molecule has 0 bridgehead atoms. The molecule has 0 atom stereocenters. The Morgan fingerprint density at radius 1 is 1.38 bits per heavy atom. The largest absolute Gasteiger partial charge is 0.485 e. The topological polar surface area (TPSA) is 22.1 Å². The quantitative estimate of drug-likeness (QED) is 0.841. The van der Waals surface area contributed by atoms with E-state index in [1.54, 1.807) is 0 Å². The maximum Gasteiger partial charge on any atom is 0.200 e. The number of hydrogen-bond acceptors (Lipinski definition) is 3. The average molecular weight is 262 g/mol. The summed E-state index contributed by atoms with van der Waals surface area (Å²) in [4.78, 5) is 4.55. The van der Waals surface area contributed by atoms with Crippen LogP contribution in [0.4, 0.5) is 8.78 Å². The Morgan fingerprint density at radius 3 is 2.88 bits per heavy atom. The first-order valence-electron chi connectivity index (χ1n) is 4.34. The number of ether oxygens (including phenoxy) is 1. The van der Waals surface area contributed by atoms with Crippen molar-refractivity contribution < 1.29 is 13.5 Å². The van der Waals surface area contributed by atoms with Gasteiger partial charge in [0.25, 0.3) is 0 Å². The number of hydrogen-bond donors (Lipinski definition) is 0. The molecule has 0 radical (unpaired) electrons. The van der Waals surface area contributed by atoms with Crippen molar-refractivity contribution in [1.82, 2.24) is 4.98 Å². The van der Waals surface area contributed by atoms with E-state index in [1.165, 1.54) is 29.7 Å². The third-order valence-electron chi connectivity index (χ3n) is 1.81. The van der Waals surface area contributed by atoms with Gasteiger partial charge in [0.15, 0.2) is 16.0 Å². The molecule has 2 aromatic rings. The minimum atomic E-state index is -0.988. The Morgan fingerprint density at radius 2 is 2.19 bits per heavy atom. The van der Waals surface area contributed by atoms with Crippen molar-refractivity contribution in [3.05, 3.63) is 45.4 Å². The van der Waals surface area contributed by atoms with Gasteiger partial charge in [0, 0.05) is 6.20 Å². The third-order valence-corrected chi connectivity index (χ3v) is 2.90. The molecule has 2 nitrogen and oxygen atoms in total. The predicted octanol–water partition coefficient (Wildman–Crippen LogP) is 3.65. The number of rotatable bonds is 3. The van der Waals surface area contributed by atoms with Crippen molar-refractivity contribution in [3.63, 3.8) is 0 Å². The Balaban J connectivity index is 2.07. The van der Waals surface area contributed by atoms with Crippen LogP contribution in [0.5, 0.6) is 5.75 Å². The van der Waals surface area contributed by atoms with Crippen LogP contribution >= 0.6 is 22.9 Å². The van der Waals surface area contributed by atoms with Gasteiger partial charge >= 0.3 is 0 Å². The highest BCUT2D eigenvalue weighted by Crippen LogP contribution is 2.23. The molecular formula is C10H6ClF2NOS. The fraction of sp³-hybridized carbons (Fsp3) is 0.100. The molecule has 1 aromatic heterocycles. The van der Waals surface area contributed by atoms with E-state index in [-0.39, 0.29) is 12.4 Å². The molecular weight excluding hydrogens is 256 g/mol. The van der Waals surface area contributed by atoms with E-state index in [9.17, 15) is 8.78 Å². The standard InChI is InChI=1S/C10H6ClF2NOS/c11-10-14-4-6(16-10)5-15-8-3-1-2-7(12)9(8)13/h1-4H,5H2. The van der Waals surface area contributed by atoms with Crippen LogP contribution < -0.4 is 4.74 Å². The number of aromatic nitrogens is 1. The zero-order chi connectivity index (χ0) is 11.5. The molecule has 0 unspecified atom stereocenters. The van der Waals surface area contributed by atoms with Gasteiger partial charge in [-0.3, -0.25) is 0 Å². The molecule has 0 aliphatic carbocycles. The number of thiazole rings is 1. The van der Waals surface area contributed by atoms with Gasteiger partial charge in [-0.25, -0.2) is 9.37 Å². The summed E-state index contributed by atoms with van der Waals surface area (Å²) >= 11 is 6.85. The van der Waals surface area contributed by atoms with Crippen LogP contribution in [0.3, 0.4) is 0 Å². The number of halogens is 3. The zero-order valence-electron chi connectivity index (χ0n) is 7.91. The van der Waals surface area contributed by atoms with E-state index in [4.69, 9.17) is 16.3 Å². The normalized spacial score (nSPS) is 10.4. The molecule has 0 aliphatic heterocycles. The highest BCUT2D eigenvalue weighted by molar-refractivity contribution is 7.15. The van der Waals surface area contributed by atoms with E-state index in [0.717, 1.165) is 10.9 Å². The molecule has 0 fully saturated rings. The Kier molecular flexibility index (Phi) is 3.36. The van der Waals surface area contributed by atoms with Crippen molar-refractivity contribution in [2.24, 2.45) is 0 Å². The van der Waals surface area contributed by atoms with Crippen molar-refractivity contribution >= 4 is 22.9 Å². The van der Waals surface area contributed by atoms with Crippen LogP contribution in [0, 0.1) is 11.6 Å². The lowest BCUT2D eigenvalue weighted by molar-refractivity contribution is 0.287. The predicted molar refractivity (Wildman–Crippen MR) is 57.8 cm³/mol.